The topological polar surface area (TPSA) is 51.2 Å². The molecule has 5 rings (SSSR count). The van der Waals surface area contributed by atoms with Gasteiger partial charge in [0.1, 0.15) is 0 Å². The number of halogens is 3. The molecule has 0 bridgehead atoms. The maximum absolute atomic E-state index is 15.1. The fourth-order valence-corrected chi connectivity index (χ4v) is 4.47. The number of carbonyl (C=O) groups is 1. The van der Waals surface area contributed by atoms with Crippen LogP contribution >= 0.6 is 0 Å². The van der Waals surface area contributed by atoms with Crippen molar-refractivity contribution in [3.8, 4) is 11.5 Å². The van der Waals surface area contributed by atoms with Crippen LogP contribution in [0.2, 0.25) is 0 Å². The number of carbonyl (C=O) groups excluding carboxylic acids is 1. The first-order chi connectivity index (χ1) is 17.2. The van der Waals surface area contributed by atoms with Gasteiger partial charge in [0.05, 0.1) is 23.8 Å². The lowest BCUT2D eigenvalue weighted by Gasteiger charge is -2.21. The van der Waals surface area contributed by atoms with Crippen molar-refractivity contribution in [1.29, 1.82) is 0 Å². The zero-order valence-electron chi connectivity index (χ0n) is 19.9. The molecule has 1 aromatic heterocycles. The number of aromatic nitrogens is 1. The second-order valence-corrected chi connectivity index (χ2v) is 9.26. The number of alkyl halides is 2. The van der Waals surface area contributed by atoms with Gasteiger partial charge in [-0.15, -0.1) is 0 Å². The van der Waals surface area contributed by atoms with Gasteiger partial charge in [-0.25, -0.2) is 4.39 Å². The van der Waals surface area contributed by atoms with Crippen molar-refractivity contribution >= 4 is 16.8 Å². The minimum atomic E-state index is -3.29. The third-order valence-corrected chi connectivity index (χ3v) is 6.44. The van der Waals surface area contributed by atoms with Crippen LogP contribution < -0.4 is 10.1 Å². The van der Waals surface area contributed by atoms with Crippen molar-refractivity contribution < 1.29 is 22.7 Å². The number of nitrogens with zero attached hydrogens (tertiary/aromatic N) is 1. The first-order valence-corrected chi connectivity index (χ1v) is 11.8. The monoisotopic (exact) mass is 490 g/mol. The zero-order valence-corrected chi connectivity index (χ0v) is 19.9. The van der Waals surface area contributed by atoms with Gasteiger partial charge in [0.25, 0.3) is 11.8 Å². The number of hydrogen-bond acceptors (Lipinski definition) is 3. The molecule has 0 unspecified atom stereocenters. The van der Waals surface area contributed by atoms with Crippen molar-refractivity contribution in [2.45, 2.75) is 38.5 Å². The Bertz CT molecular complexity index is 1460. The van der Waals surface area contributed by atoms with Crippen LogP contribution in [-0.2, 0) is 5.92 Å². The van der Waals surface area contributed by atoms with Crippen LogP contribution in [0, 0.1) is 19.7 Å². The number of fused-ring (bicyclic) bond motifs is 1. The number of para-hydroxylation sites is 1. The molecule has 0 aliphatic heterocycles. The first-order valence-electron chi connectivity index (χ1n) is 11.8. The summed E-state index contributed by atoms with van der Waals surface area (Å²) >= 11 is 0. The largest absolute Gasteiger partial charge is 0.452 e. The molecule has 1 fully saturated rings. The molecule has 1 saturated carbocycles. The number of rotatable bonds is 7. The summed E-state index contributed by atoms with van der Waals surface area (Å²) in [5.74, 6) is -4.41. The molecular formula is C29H25F3N2O2. The van der Waals surface area contributed by atoms with E-state index in [1.165, 1.54) is 18.3 Å². The lowest BCUT2D eigenvalue weighted by atomic mass is 10.00. The van der Waals surface area contributed by atoms with Gasteiger partial charge in [-0.2, -0.15) is 8.78 Å². The fourth-order valence-electron chi connectivity index (χ4n) is 4.47. The van der Waals surface area contributed by atoms with E-state index in [4.69, 9.17) is 4.74 Å². The van der Waals surface area contributed by atoms with E-state index < -0.39 is 24.2 Å². The summed E-state index contributed by atoms with van der Waals surface area (Å²) in [7, 11) is 0. The molecule has 3 aromatic carbocycles. The van der Waals surface area contributed by atoms with E-state index in [1.807, 2.05) is 6.92 Å². The third kappa shape index (κ3) is 4.65. The average Bonchev–Trinajstić information content (AvgIpc) is 3.69. The minimum Gasteiger partial charge on any atom is -0.452 e. The molecule has 1 aliphatic rings. The number of pyridine rings is 1. The molecule has 4 aromatic rings. The highest BCUT2D eigenvalue weighted by atomic mass is 19.3. The van der Waals surface area contributed by atoms with E-state index in [-0.39, 0.29) is 28.5 Å². The molecule has 184 valence electrons. The van der Waals surface area contributed by atoms with E-state index in [9.17, 15) is 4.79 Å². The van der Waals surface area contributed by atoms with Gasteiger partial charge in [-0.1, -0.05) is 54.1 Å². The lowest BCUT2D eigenvalue weighted by Crippen LogP contribution is -2.35. The molecule has 1 heterocycles. The van der Waals surface area contributed by atoms with E-state index in [1.54, 1.807) is 55.5 Å². The van der Waals surface area contributed by atoms with Crippen molar-refractivity contribution in [2.24, 2.45) is 0 Å². The third-order valence-electron chi connectivity index (χ3n) is 6.44. The SMILES string of the molecule is Cc1ccc(C(F)(F)CNC(=O)c2c(Oc3cccc(C4CC4)c3F)cnc3ccccc23)c(C)c1. The van der Waals surface area contributed by atoms with Crippen LogP contribution in [0.25, 0.3) is 10.9 Å². The summed E-state index contributed by atoms with van der Waals surface area (Å²) in [6.07, 6.45) is 3.16. The molecule has 1 N–H and O–H groups in total. The second kappa shape index (κ2) is 9.30. The molecule has 0 atom stereocenters. The van der Waals surface area contributed by atoms with Crippen LogP contribution in [0.4, 0.5) is 13.2 Å². The maximum atomic E-state index is 15.1. The van der Waals surface area contributed by atoms with Crippen molar-refractivity contribution in [3.05, 3.63) is 100 Å². The molecule has 0 spiro atoms. The lowest BCUT2D eigenvalue weighted by molar-refractivity contribution is -0.00308. The van der Waals surface area contributed by atoms with E-state index in [0.29, 0.717) is 22.0 Å². The molecule has 0 radical (unpaired) electrons. The first kappa shape index (κ1) is 23.9. The van der Waals surface area contributed by atoms with Crippen LogP contribution in [-0.4, -0.2) is 17.4 Å². The number of benzene rings is 3. The van der Waals surface area contributed by atoms with Crippen LogP contribution in [0.3, 0.4) is 0 Å². The summed E-state index contributed by atoms with van der Waals surface area (Å²) in [5.41, 5.74) is 2.25. The number of amides is 1. The fraction of sp³-hybridized carbons (Fsp3) is 0.241. The quantitative estimate of drug-likeness (QED) is 0.299. The van der Waals surface area contributed by atoms with Crippen molar-refractivity contribution in [1.82, 2.24) is 10.3 Å². The molecule has 1 aliphatic carbocycles. The minimum absolute atomic E-state index is 0.00659. The summed E-state index contributed by atoms with van der Waals surface area (Å²) in [5, 5.41) is 2.78. The Morgan fingerprint density at radius 1 is 1.06 bits per heavy atom. The van der Waals surface area contributed by atoms with Gasteiger partial charge in [-0.05, 0) is 55.9 Å². The Morgan fingerprint density at radius 2 is 1.83 bits per heavy atom. The smallest absolute Gasteiger partial charge is 0.290 e. The maximum Gasteiger partial charge on any atom is 0.290 e. The Hall–Kier alpha value is -3.87. The van der Waals surface area contributed by atoms with E-state index in [0.717, 1.165) is 18.4 Å². The number of aryl methyl sites for hydroxylation is 2. The van der Waals surface area contributed by atoms with Gasteiger partial charge in [-0.3, -0.25) is 9.78 Å². The van der Waals surface area contributed by atoms with Crippen molar-refractivity contribution in [2.75, 3.05) is 6.54 Å². The highest BCUT2D eigenvalue weighted by Crippen LogP contribution is 2.43. The Kier molecular flexibility index (Phi) is 6.16. The molecule has 0 saturated heterocycles. The Labute approximate surface area is 207 Å². The van der Waals surface area contributed by atoms with E-state index >= 15 is 13.2 Å². The average molecular weight is 491 g/mol. The number of nitrogens with one attached hydrogen (secondary N) is 1. The Morgan fingerprint density at radius 3 is 2.58 bits per heavy atom. The molecule has 4 nitrogen and oxygen atoms in total. The molecule has 7 heteroatoms. The standard InChI is InChI=1S/C29H25F3N2O2/c1-17-10-13-22(18(2)14-17)29(31,32)16-34-28(35)26-21-6-3-4-8-23(21)33-15-25(26)36-24-9-5-7-20(27(24)30)19-11-12-19/h3-10,13-15,19H,11-12,16H2,1-2H3,(H,34,35). The number of ether oxygens (including phenoxy) is 1. The summed E-state index contributed by atoms with van der Waals surface area (Å²) < 4.78 is 51.1. The number of hydrogen-bond donors (Lipinski definition) is 1. The van der Waals surface area contributed by atoms with Gasteiger partial charge in [0, 0.05) is 10.9 Å². The molecule has 1 amide bonds. The van der Waals surface area contributed by atoms with Gasteiger partial charge >= 0.3 is 0 Å². The van der Waals surface area contributed by atoms with Crippen LogP contribution in [0.1, 0.15) is 51.4 Å². The van der Waals surface area contributed by atoms with Gasteiger partial charge < -0.3 is 10.1 Å². The van der Waals surface area contributed by atoms with Crippen LogP contribution in [0.5, 0.6) is 11.5 Å². The second-order valence-electron chi connectivity index (χ2n) is 9.26. The summed E-state index contributed by atoms with van der Waals surface area (Å²) in [6, 6.07) is 16.4. The predicted octanol–water partition coefficient (Wildman–Crippen LogP) is 7.18. The molecular weight excluding hydrogens is 465 g/mol. The predicted molar refractivity (Wildman–Crippen MR) is 132 cm³/mol. The Balaban J connectivity index is 1.47. The zero-order chi connectivity index (χ0) is 25.4. The highest BCUT2D eigenvalue weighted by molar-refractivity contribution is 6.08. The highest BCUT2D eigenvalue weighted by Gasteiger charge is 2.34. The summed E-state index contributed by atoms with van der Waals surface area (Å²) in [6.45, 7) is 2.54. The molecule has 36 heavy (non-hydrogen) atoms. The van der Waals surface area contributed by atoms with Crippen molar-refractivity contribution in [3.63, 3.8) is 0 Å². The van der Waals surface area contributed by atoms with Gasteiger partial charge in [0.2, 0.25) is 0 Å². The van der Waals surface area contributed by atoms with Crippen LogP contribution in [0.15, 0.2) is 66.9 Å². The van der Waals surface area contributed by atoms with E-state index in [2.05, 4.69) is 10.3 Å². The summed E-state index contributed by atoms with van der Waals surface area (Å²) in [4.78, 5) is 17.6. The normalized spacial score (nSPS) is 13.6. The van der Waals surface area contributed by atoms with Gasteiger partial charge in [0.15, 0.2) is 17.3 Å².